The average molecular weight is 146 g/mol. The normalized spacial score (nSPS) is 15.5. The lowest BCUT2D eigenvalue weighted by Crippen LogP contribution is -1.90. The van der Waals surface area contributed by atoms with Crippen LogP contribution in [0.1, 0.15) is 13.8 Å². The second kappa shape index (κ2) is 3.18. The SMILES string of the molecule is CC(=O)C1=C=CC=C(C)C=C1. The first kappa shape index (κ1) is 7.77. The fraction of sp³-hybridized carbons (Fsp3) is 0.200. The minimum atomic E-state index is 0.0561. The molecule has 56 valence electrons. The van der Waals surface area contributed by atoms with Gasteiger partial charge in [0.25, 0.3) is 0 Å². The van der Waals surface area contributed by atoms with Crippen molar-refractivity contribution in [3.8, 4) is 0 Å². The van der Waals surface area contributed by atoms with Gasteiger partial charge in [-0.3, -0.25) is 4.79 Å². The Hall–Kier alpha value is -1.33. The van der Waals surface area contributed by atoms with Gasteiger partial charge in [0.15, 0.2) is 5.78 Å². The van der Waals surface area contributed by atoms with Crippen molar-refractivity contribution in [1.82, 2.24) is 0 Å². The van der Waals surface area contributed by atoms with Crippen molar-refractivity contribution in [3.05, 3.63) is 41.2 Å². The van der Waals surface area contributed by atoms with Gasteiger partial charge in [-0.2, -0.15) is 0 Å². The van der Waals surface area contributed by atoms with Crippen molar-refractivity contribution in [2.24, 2.45) is 0 Å². The van der Waals surface area contributed by atoms with E-state index in [0.717, 1.165) is 5.57 Å². The first-order valence-corrected chi connectivity index (χ1v) is 3.53. The summed E-state index contributed by atoms with van der Waals surface area (Å²) in [7, 11) is 0. The predicted molar refractivity (Wildman–Crippen MR) is 45.2 cm³/mol. The molecule has 1 heteroatoms. The van der Waals surface area contributed by atoms with Gasteiger partial charge in [0, 0.05) is 0 Å². The molecule has 0 aromatic rings. The number of carbonyl (C=O) groups excluding carboxylic acids is 1. The van der Waals surface area contributed by atoms with Crippen LogP contribution in [-0.2, 0) is 4.79 Å². The van der Waals surface area contributed by atoms with Crippen LogP contribution < -0.4 is 0 Å². The van der Waals surface area contributed by atoms with E-state index in [-0.39, 0.29) is 5.78 Å². The van der Waals surface area contributed by atoms with Gasteiger partial charge in [-0.15, -0.1) is 5.73 Å². The summed E-state index contributed by atoms with van der Waals surface area (Å²) in [6, 6.07) is 0. The van der Waals surface area contributed by atoms with Crippen LogP contribution in [-0.4, -0.2) is 5.78 Å². The second-order valence-corrected chi connectivity index (χ2v) is 2.52. The van der Waals surface area contributed by atoms with Crippen LogP contribution >= 0.6 is 0 Å². The largest absolute Gasteiger partial charge is 0.294 e. The number of hydrogen-bond acceptors (Lipinski definition) is 1. The minimum absolute atomic E-state index is 0.0561. The van der Waals surface area contributed by atoms with Crippen LogP contribution in [0.4, 0.5) is 0 Å². The lowest BCUT2D eigenvalue weighted by molar-refractivity contribution is -0.113. The van der Waals surface area contributed by atoms with Crippen LogP contribution in [0, 0.1) is 0 Å². The summed E-state index contributed by atoms with van der Waals surface area (Å²) in [4.78, 5) is 10.9. The highest BCUT2D eigenvalue weighted by atomic mass is 16.1. The van der Waals surface area contributed by atoms with Gasteiger partial charge in [-0.1, -0.05) is 17.7 Å². The second-order valence-electron chi connectivity index (χ2n) is 2.52. The molecule has 1 aliphatic carbocycles. The molecule has 0 spiro atoms. The summed E-state index contributed by atoms with van der Waals surface area (Å²) in [5.41, 5.74) is 4.66. The summed E-state index contributed by atoms with van der Waals surface area (Å²) in [5.74, 6) is 0.0561. The zero-order chi connectivity index (χ0) is 8.27. The maximum Gasteiger partial charge on any atom is 0.167 e. The molecule has 0 saturated heterocycles. The molecule has 0 N–H and O–H groups in total. The number of rotatable bonds is 1. The molecule has 0 bridgehead atoms. The Morgan fingerprint density at radius 3 is 2.82 bits per heavy atom. The third kappa shape index (κ3) is 2.06. The molecule has 0 atom stereocenters. The van der Waals surface area contributed by atoms with E-state index in [2.05, 4.69) is 5.73 Å². The van der Waals surface area contributed by atoms with E-state index in [1.807, 2.05) is 19.1 Å². The van der Waals surface area contributed by atoms with Crippen molar-refractivity contribution in [3.63, 3.8) is 0 Å². The van der Waals surface area contributed by atoms with E-state index < -0.39 is 0 Å². The Morgan fingerprint density at radius 1 is 1.45 bits per heavy atom. The number of hydrogen-bond donors (Lipinski definition) is 0. The maximum absolute atomic E-state index is 10.9. The molecule has 1 aliphatic rings. The Bertz CT molecular complexity index is 297. The van der Waals surface area contributed by atoms with Crippen LogP contribution in [0.2, 0.25) is 0 Å². The van der Waals surface area contributed by atoms with Crippen LogP contribution in [0.15, 0.2) is 41.2 Å². The lowest BCUT2D eigenvalue weighted by atomic mass is 10.2. The first-order valence-electron chi connectivity index (χ1n) is 3.53. The van der Waals surface area contributed by atoms with E-state index in [4.69, 9.17) is 0 Å². The molecule has 11 heavy (non-hydrogen) atoms. The molecule has 0 amide bonds. The quantitative estimate of drug-likeness (QED) is 0.518. The number of ketones is 1. The number of allylic oxidation sites excluding steroid dienone is 5. The molecule has 1 rings (SSSR count). The monoisotopic (exact) mass is 146 g/mol. The Morgan fingerprint density at radius 2 is 2.18 bits per heavy atom. The van der Waals surface area contributed by atoms with Gasteiger partial charge in [-0.25, -0.2) is 0 Å². The summed E-state index contributed by atoms with van der Waals surface area (Å²) in [5, 5.41) is 0. The molecule has 0 saturated carbocycles. The van der Waals surface area contributed by atoms with E-state index in [1.165, 1.54) is 0 Å². The van der Waals surface area contributed by atoms with Crippen LogP contribution in [0.25, 0.3) is 0 Å². The Balaban J connectivity index is 2.99. The lowest BCUT2D eigenvalue weighted by Gasteiger charge is -1.88. The minimum Gasteiger partial charge on any atom is -0.294 e. The standard InChI is InChI=1S/C10H10O/c1-8-4-3-5-10(7-6-8)9(2)11/h3-4,6-7H,1-2H3. The fourth-order valence-corrected chi connectivity index (χ4v) is 0.800. The molecular formula is C10H10O. The van der Waals surface area contributed by atoms with Gasteiger partial charge >= 0.3 is 0 Å². The third-order valence-corrected chi connectivity index (χ3v) is 1.48. The first-order chi connectivity index (χ1) is 5.20. The zero-order valence-corrected chi connectivity index (χ0v) is 6.72. The van der Waals surface area contributed by atoms with Crippen molar-refractivity contribution < 1.29 is 4.79 Å². The van der Waals surface area contributed by atoms with Crippen molar-refractivity contribution in [1.29, 1.82) is 0 Å². The van der Waals surface area contributed by atoms with Crippen molar-refractivity contribution in [2.75, 3.05) is 0 Å². The fourth-order valence-electron chi connectivity index (χ4n) is 0.800. The van der Waals surface area contributed by atoms with E-state index in [0.29, 0.717) is 5.57 Å². The van der Waals surface area contributed by atoms with Gasteiger partial charge in [-0.05, 0) is 26.0 Å². The highest BCUT2D eigenvalue weighted by Crippen LogP contribution is 2.05. The molecule has 0 aliphatic heterocycles. The van der Waals surface area contributed by atoms with E-state index in [1.54, 1.807) is 19.1 Å². The molecule has 0 heterocycles. The zero-order valence-electron chi connectivity index (χ0n) is 6.72. The topological polar surface area (TPSA) is 17.1 Å². The molecule has 1 nitrogen and oxygen atoms in total. The highest BCUT2D eigenvalue weighted by molar-refractivity contribution is 5.96. The number of Topliss-reactive ketones (excluding diaryl/α,β-unsaturated/α-hetero) is 1. The molecule has 0 radical (unpaired) electrons. The number of carbonyl (C=O) groups is 1. The maximum atomic E-state index is 10.9. The van der Waals surface area contributed by atoms with Gasteiger partial charge in [0.05, 0.1) is 5.57 Å². The summed E-state index contributed by atoms with van der Waals surface area (Å²) in [6.07, 6.45) is 7.39. The Kier molecular flexibility index (Phi) is 2.25. The van der Waals surface area contributed by atoms with Crippen LogP contribution in [0.3, 0.4) is 0 Å². The smallest absolute Gasteiger partial charge is 0.167 e. The molecule has 0 unspecified atom stereocenters. The van der Waals surface area contributed by atoms with Gasteiger partial charge < -0.3 is 0 Å². The average Bonchev–Trinajstić information content (AvgIpc) is 2.13. The van der Waals surface area contributed by atoms with Crippen molar-refractivity contribution >= 4 is 5.78 Å². The van der Waals surface area contributed by atoms with Crippen molar-refractivity contribution in [2.45, 2.75) is 13.8 Å². The van der Waals surface area contributed by atoms with E-state index in [9.17, 15) is 4.79 Å². The summed E-state index contributed by atoms with van der Waals surface area (Å²) in [6.45, 7) is 3.53. The van der Waals surface area contributed by atoms with Gasteiger partial charge in [0.2, 0.25) is 0 Å². The summed E-state index contributed by atoms with van der Waals surface area (Å²) >= 11 is 0. The molecule has 0 fully saturated rings. The van der Waals surface area contributed by atoms with E-state index >= 15 is 0 Å². The van der Waals surface area contributed by atoms with Crippen LogP contribution in [0.5, 0.6) is 0 Å². The third-order valence-electron chi connectivity index (χ3n) is 1.48. The predicted octanol–water partition coefficient (Wildman–Crippen LogP) is 2.17. The molecule has 0 aromatic carbocycles. The molecular weight excluding hydrogens is 136 g/mol. The molecule has 0 aromatic heterocycles. The summed E-state index contributed by atoms with van der Waals surface area (Å²) < 4.78 is 0. The highest BCUT2D eigenvalue weighted by Gasteiger charge is 1.97. The van der Waals surface area contributed by atoms with Gasteiger partial charge in [0.1, 0.15) is 0 Å². The Labute approximate surface area is 66.4 Å².